The van der Waals surface area contributed by atoms with Gasteiger partial charge in [-0.3, -0.25) is 0 Å². The standard InChI is InChI=1S/C12H14N/c1-4-13-10(3)9(2)11-7-5-6-8-12(11)13/h5-6,8H,4H2,1-3H3. The molecule has 13 heavy (non-hydrogen) atoms. The molecule has 0 saturated carbocycles. The molecule has 2 aromatic rings. The SMILES string of the molecule is CCn1c(C)c(C)c2[c]cccc21. The second-order valence-corrected chi connectivity index (χ2v) is 3.39. The van der Waals surface area contributed by atoms with E-state index in [1.54, 1.807) is 0 Å². The molecule has 1 heteroatoms. The van der Waals surface area contributed by atoms with E-state index < -0.39 is 0 Å². The topological polar surface area (TPSA) is 4.93 Å². The Morgan fingerprint density at radius 2 is 2.15 bits per heavy atom. The van der Waals surface area contributed by atoms with Crippen LogP contribution in [0.15, 0.2) is 18.2 Å². The minimum absolute atomic E-state index is 1.04. The van der Waals surface area contributed by atoms with Crippen molar-refractivity contribution >= 4 is 10.9 Å². The van der Waals surface area contributed by atoms with Crippen LogP contribution < -0.4 is 0 Å². The third-order valence-corrected chi connectivity index (χ3v) is 2.76. The number of aromatic nitrogens is 1. The minimum Gasteiger partial charge on any atom is -0.345 e. The van der Waals surface area contributed by atoms with Gasteiger partial charge in [0.25, 0.3) is 0 Å². The van der Waals surface area contributed by atoms with Gasteiger partial charge in [-0.15, -0.1) is 0 Å². The molecular formula is C12H14N. The van der Waals surface area contributed by atoms with Gasteiger partial charge in [0.15, 0.2) is 0 Å². The summed E-state index contributed by atoms with van der Waals surface area (Å²) in [7, 11) is 0. The highest BCUT2D eigenvalue weighted by atomic mass is 15.0. The zero-order valence-corrected chi connectivity index (χ0v) is 8.39. The first-order valence-electron chi connectivity index (χ1n) is 4.71. The smallest absolute Gasteiger partial charge is 0.0491 e. The minimum atomic E-state index is 1.04. The Balaban J connectivity index is 2.90. The summed E-state index contributed by atoms with van der Waals surface area (Å²) in [5, 5.41) is 1.27. The van der Waals surface area contributed by atoms with Gasteiger partial charge in [0.05, 0.1) is 0 Å². The number of aryl methyl sites for hydroxylation is 2. The monoisotopic (exact) mass is 172 g/mol. The van der Waals surface area contributed by atoms with E-state index in [1.807, 2.05) is 12.1 Å². The zero-order chi connectivity index (χ0) is 9.42. The Labute approximate surface area is 79.0 Å². The van der Waals surface area contributed by atoms with Gasteiger partial charge in [-0.05, 0) is 38.5 Å². The first kappa shape index (κ1) is 8.36. The Morgan fingerprint density at radius 1 is 1.38 bits per heavy atom. The molecule has 0 N–H and O–H groups in total. The summed E-state index contributed by atoms with van der Waals surface area (Å²) < 4.78 is 2.33. The van der Waals surface area contributed by atoms with Crippen molar-refractivity contribution < 1.29 is 0 Å². The highest BCUT2D eigenvalue weighted by Crippen LogP contribution is 2.23. The molecule has 1 aromatic heterocycles. The lowest BCUT2D eigenvalue weighted by Crippen LogP contribution is -1.95. The zero-order valence-electron chi connectivity index (χ0n) is 8.39. The maximum atomic E-state index is 3.29. The Morgan fingerprint density at radius 3 is 2.85 bits per heavy atom. The number of hydrogen-bond acceptors (Lipinski definition) is 0. The lowest BCUT2D eigenvalue weighted by molar-refractivity contribution is 0.766. The maximum Gasteiger partial charge on any atom is 0.0491 e. The third kappa shape index (κ3) is 1.07. The van der Waals surface area contributed by atoms with E-state index in [9.17, 15) is 0 Å². The van der Waals surface area contributed by atoms with Gasteiger partial charge in [0, 0.05) is 23.1 Å². The van der Waals surface area contributed by atoms with Gasteiger partial charge in [-0.2, -0.15) is 0 Å². The van der Waals surface area contributed by atoms with Crippen LogP contribution in [0.1, 0.15) is 18.2 Å². The van der Waals surface area contributed by atoms with Crippen molar-refractivity contribution in [3.63, 3.8) is 0 Å². The van der Waals surface area contributed by atoms with Gasteiger partial charge in [-0.25, -0.2) is 0 Å². The van der Waals surface area contributed by atoms with Crippen molar-refractivity contribution in [3.05, 3.63) is 35.5 Å². The van der Waals surface area contributed by atoms with E-state index in [2.05, 4.69) is 37.5 Å². The summed E-state index contributed by atoms with van der Waals surface area (Å²) in [5.74, 6) is 0. The molecule has 0 aliphatic rings. The van der Waals surface area contributed by atoms with Crippen LogP contribution in [0, 0.1) is 19.9 Å². The summed E-state index contributed by atoms with van der Waals surface area (Å²) >= 11 is 0. The number of rotatable bonds is 1. The first-order chi connectivity index (χ1) is 6.25. The molecule has 2 rings (SSSR count). The largest absolute Gasteiger partial charge is 0.345 e. The van der Waals surface area contributed by atoms with E-state index in [4.69, 9.17) is 0 Å². The fraction of sp³-hybridized carbons (Fsp3) is 0.333. The van der Waals surface area contributed by atoms with E-state index >= 15 is 0 Å². The summed E-state index contributed by atoms with van der Waals surface area (Å²) in [4.78, 5) is 0. The van der Waals surface area contributed by atoms with Gasteiger partial charge >= 0.3 is 0 Å². The van der Waals surface area contributed by atoms with Gasteiger partial charge in [0.1, 0.15) is 0 Å². The normalized spacial score (nSPS) is 11.0. The van der Waals surface area contributed by atoms with Gasteiger partial charge in [0.2, 0.25) is 0 Å². The van der Waals surface area contributed by atoms with Crippen LogP contribution in [0.2, 0.25) is 0 Å². The summed E-state index contributed by atoms with van der Waals surface area (Å²) in [6.45, 7) is 7.56. The van der Waals surface area contributed by atoms with Crippen LogP contribution in [0.5, 0.6) is 0 Å². The number of benzene rings is 1. The molecule has 0 unspecified atom stereocenters. The second kappa shape index (κ2) is 2.91. The molecule has 0 saturated heterocycles. The number of nitrogens with zero attached hydrogens (tertiary/aromatic N) is 1. The van der Waals surface area contributed by atoms with Gasteiger partial charge < -0.3 is 4.57 Å². The summed E-state index contributed by atoms with van der Waals surface area (Å²) in [5.41, 5.74) is 4.03. The first-order valence-corrected chi connectivity index (χ1v) is 4.71. The van der Waals surface area contributed by atoms with Crippen LogP contribution in [-0.2, 0) is 6.54 Å². The quantitative estimate of drug-likeness (QED) is 0.623. The maximum absolute atomic E-state index is 3.29. The molecular weight excluding hydrogens is 158 g/mol. The van der Waals surface area contributed by atoms with Crippen LogP contribution in [0.25, 0.3) is 10.9 Å². The average molecular weight is 172 g/mol. The molecule has 0 aliphatic carbocycles. The molecule has 0 atom stereocenters. The average Bonchev–Trinajstić information content (AvgIpc) is 2.41. The van der Waals surface area contributed by atoms with Crippen LogP contribution >= 0.6 is 0 Å². The Bertz CT molecular complexity index is 438. The van der Waals surface area contributed by atoms with E-state index in [-0.39, 0.29) is 0 Å². The van der Waals surface area contributed by atoms with Crippen molar-refractivity contribution in [1.82, 2.24) is 4.57 Å². The molecule has 0 aliphatic heterocycles. The fourth-order valence-electron chi connectivity index (χ4n) is 1.92. The third-order valence-electron chi connectivity index (χ3n) is 2.76. The lowest BCUT2D eigenvalue weighted by atomic mass is 10.2. The number of fused-ring (bicyclic) bond motifs is 1. The Hall–Kier alpha value is -1.24. The van der Waals surface area contributed by atoms with E-state index in [1.165, 1.54) is 22.2 Å². The van der Waals surface area contributed by atoms with Gasteiger partial charge in [-0.1, -0.05) is 12.1 Å². The molecule has 0 fully saturated rings. The molecule has 0 bridgehead atoms. The molecule has 1 heterocycles. The summed E-state index contributed by atoms with van der Waals surface area (Å²) in [6, 6.07) is 9.49. The molecule has 0 spiro atoms. The highest BCUT2D eigenvalue weighted by Gasteiger charge is 2.07. The highest BCUT2D eigenvalue weighted by molar-refractivity contribution is 5.84. The van der Waals surface area contributed by atoms with Crippen LogP contribution in [0.3, 0.4) is 0 Å². The van der Waals surface area contributed by atoms with Crippen molar-refractivity contribution in [2.24, 2.45) is 0 Å². The predicted octanol–water partition coefficient (Wildman–Crippen LogP) is 3.08. The summed E-state index contributed by atoms with van der Waals surface area (Å²) in [6.07, 6.45) is 0. The lowest BCUT2D eigenvalue weighted by Gasteiger charge is -2.02. The molecule has 67 valence electrons. The Kier molecular flexibility index (Phi) is 1.87. The van der Waals surface area contributed by atoms with Crippen molar-refractivity contribution in [2.75, 3.05) is 0 Å². The fourth-order valence-corrected chi connectivity index (χ4v) is 1.92. The second-order valence-electron chi connectivity index (χ2n) is 3.39. The molecule has 1 aromatic carbocycles. The van der Waals surface area contributed by atoms with Crippen molar-refractivity contribution in [1.29, 1.82) is 0 Å². The van der Waals surface area contributed by atoms with Crippen LogP contribution in [0.4, 0.5) is 0 Å². The molecule has 1 radical (unpaired) electrons. The van der Waals surface area contributed by atoms with Crippen molar-refractivity contribution in [2.45, 2.75) is 27.3 Å². The van der Waals surface area contributed by atoms with E-state index in [0.29, 0.717) is 0 Å². The predicted molar refractivity (Wildman–Crippen MR) is 55.9 cm³/mol. The molecule has 0 amide bonds. The van der Waals surface area contributed by atoms with Crippen LogP contribution in [-0.4, -0.2) is 4.57 Å². The molecule has 1 nitrogen and oxygen atoms in total. The number of hydrogen-bond donors (Lipinski definition) is 0. The van der Waals surface area contributed by atoms with E-state index in [0.717, 1.165) is 6.54 Å². The van der Waals surface area contributed by atoms with Crippen molar-refractivity contribution in [3.8, 4) is 0 Å².